The summed E-state index contributed by atoms with van der Waals surface area (Å²) in [6.45, 7) is 5.49. The van der Waals surface area contributed by atoms with E-state index >= 15 is 0 Å². The lowest BCUT2D eigenvalue weighted by Gasteiger charge is -2.28. The van der Waals surface area contributed by atoms with E-state index in [1.165, 1.54) is 11.1 Å². The van der Waals surface area contributed by atoms with Crippen LogP contribution in [0.5, 0.6) is 0 Å². The maximum atomic E-state index is 5.33. The van der Waals surface area contributed by atoms with E-state index in [-0.39, 0.29) is 0 Å². The normalized spacial score (nSPS) is 20.4. The number of nitrogens with zero attached hydrogens (tertiary/aromatic N) is 2. The molecule has 1 fully saturated rings. The molecular weight excluding hydrogens is 190 g/mol. The molecule has 1 N–H and O–H groups in total. The van der Waals surface area contributed by atoms with Crippen molar-refractivity contribution in [1.82, 2.24) is 10.3 Å². The highest BCUT2D eigenvalue weighted by Crippen LogP contribution is 2.20. The Labute approximate surface area is 89.3 Å². The number of aromatic nitrogens is 1. The number of anilines is 1. The summed E-state index contributed by atoms with van der Waals surface area (Å²) in [5.41, 5.74) is 2.73. The Morgan fingerprint density at radius 3 is 2.87 bits per heavy atom. The third kappa shape index (κ3) is 1.70. The van der Waals surface area contributed by atoms with Crippen molar-refractivity contribution in [2.75, 3.05) is 31.2 Å². The van der Waals surface area contributed by atoms with Crippen LogP contribution in [0.4, 0.5) is 5.82 Å². The van der Waals surface area contributed by atoms with Crippen LogP contribution in [0.3, 0.4) is 0 Å². The van der Waals surface area contributed by atoms with E-state index in [0.717, 1.165) is 45.2 Å². The SMILES string of the molecule is c1nc(N2CCOCC2)cc2c1CNC2. The lowest BCUT2D eigenvalue weighted by molar-refractivity contribution is 0.122. The molecule has 80 valence electrons. The zero-order valence-electron chi connectivity index (χ0n) is 8.70. The second-order valence-electron chi connectivity index (χ2n) is 4.01. The van der Waals surface area contributed by atoms with Crippen molar-refractivity contribution in [3.05, 3.63) is 23.4 Å². The van der Waals surface area contributed by atoms with Gasteiger partial charge in [0.1, 0.15) is 5.82 Å². The molecule has 3 heterocycles. The van der Waals surface area contributed by atoms with Crippen LogP contribution in [0.25, 0.3) is 0 Å². The largest absolute Gasteiger partial charge is 0.378 e. The molecule has 1 saturated heterocycles. The third-order valence-electron chi connectivity index (χ3n) is 3.03. The predicted octanol–water partition coefficient (Wildman–Crippen LogP) is 0.521. The molecule has 2 aliphatic heterocycles. The van der Waals surface area contributed by atoms with Crippen LogP contribution >= 0.6 is 0 Å². The molecule has 2 aliphatic rings. The van der Waals surface area contributed by atoms with Crippen LogP contribution in [0.2, 0.25) is 0 Å². The zero-order valence-corrected chi connectivity index (χ0v) is 8.70. The highest BCUT2D eigenvalue weighted by atomic mass is 16.5. The van der Waals surface area contributed by atoms with E-state index in [1.54, 1.807) is 0 Å². The fourth-order valence-electron chi connectivity index (χ4n) is 2.13. The van der Waals surface area contributed by atoms with Crippen LogP contribution in [0.1, 0.15) is 11.1 Å². The molecule has 1 aromatic rings. The summed E-state index contributed by atoms with van der Waals surface area (Å²) in [4.78, 5) is 6.80. The van der Waals surface area contributed by atoms with E-state index in [9.17, 15) is 0 Å². The second-order valence-corrected chi connectivity index (χ2v) is 4.01. The van der Waals surface area contributed by atoms with E-state index in [0.29, 0.717) is 0 Å². The van der Waals surface area contributed by atoms with Crippen molar-refractivity contribution in [2.24, 2.45) is 0 Å². The Morgan fingerprint density at radius 1 is 1.20 bits per heavy atom. The van der Waals surface area contributed by atoms with Gasteiger partial charge in [0.25, 0.3) is 0 Å². The molecule has 0 radical (unpaired) electrons. The first-order valence-corrected chi connectivity index (χ1v) is 5.45. The molecule has 4 nitrogen and oxygen atoms in total. The third-order valence-corrected chi connectivity index (χ3v) is 3.03. The average molecular weight is 205 g/mol. The fourth-order valence-corrected chi connectivity index (χ4v) is 2.13. The summed E-state index contributed by atoms with van der Waals surface area (Å²) >= 11 is 0. The van der Waals surface area contributed by atoms with Crippen LogP contribution in [0.15, 0.2) is 12.3 Å². The van der Waals surface area contributed by atoms with Gasteiger partial charge in [0, 0.05) is 32.4 Å². The molecule has 3 rings (SSSR count). The quantitative estimate of drug-likeness (QED) is 0.725. The van der Waals surface area contributed by atoms with Crippen molar-refractivity contribution in [1.29, 1.82) is 0 Å². The Bertz CT molecular complexity index is 361. The van der Waals surface area contributed by atoms with E-state index in [2.05, 4.69) is 21.3 Å². The first-order chi connectivity index (χ1) is 7.43. The Morgan fingerprint density at radius 2 is 2.00 bits per heavy atom. The first kappa shape index (κ1) is 9.12. The monoisotopic (exact) mass is 205 g/mol. The number of hydrogen-bond donors (Lipinski definition) is 1. The molecule has 0 saturated carbocycles. The minimum Gasteiger partial charge on any atom is -0.378 e. The van der Waals surface area contributed by atoms with Gasteiger partial charge in [0.05, 0.1) is 13.2 Å². The Kier molecular flexibility index (Phi) is 2.31. The van der Waals surface area contributed by atoms with E-state index in [1.807, 2.05) is 6.20 Å². The molecule has 0 bridgehead atoms. The number of fused-ring (bicyclic) bond motifs is 1. The number of nitrogens with one attached hydrogen (secondary N) is 1. The summed E-state index contributed by atoms with van der Waals surface area (Å²) in [5.74, 6) is 1.10. The summed E-state index contributed by atoms with van der Waals surface area (Å²) in [7, 11) is 0. The molecule has 15 heavy (non-hydrogen) atoms. The van der Waals surface area contributed by atoms with Gasteiger partial charge in [0.15, 0.2) is 0 Å². The van der Waals surface area contributed by atoms with Crippen LogP contribution < -0.4 is 10.2 Å². The minimum atomic E-state index is 0.816. The number of rotatable bonds is 1. The predicted molar refractivity (Wildman–Crippen MR) is 57.8 cm³/mol. The number of hydrogen-bond acceptors (Lipinski definition) is 4. The molecular formula is C11H15N3O. The summed E-state index contributed by atoms with van der Waals surface area (Å²) in [6.07, 6.45) is 2.00. The van der Waals surface area contributed by atoms with Crippen LogP contribution in [-0.4, -0.2) is 31.3 Å². The van der Waals surface area contributed by atoms with Crippen molar-refractivity contribution in [3.63, 3.8) is 0 Å². The second kappa shape index (κ2) is 3.79. The van der Waals surface area contributed by atoms with Crippen molar-refractivity contribution in [2.45, 2.75) is 13.1 Å². The Hall–Kier alpha value is -1.13. The summed E-state index contributed by atoms with van der Waals surface area (Å²) < 4.78 is 5.33. The van der Waals surface area contributed by atoms with Crippen molar-refractivity contribution >= 4 is 5.82 Å². The summed E-state index contributed by atoms with van der Waals surface area (Å²) in [5, 5.41) is 3.33. The number of pyridine rings is 1. The lowest BCUT2D eigenvalue weighted by Crippen LogP contribution is -2.36. The molecule has 0 atom stereocenters. The smallest absolute Gasteiger partial charge is 0.128 e. The van der Waals surface area contributed by atoms with Crippen LogP contribution in [0, 0.1) is 0 Å². The van der Waals surface area contributed by atoms with Gasteiger partial charge in [-0.25, -0.2) is 4.98 Å². The standard InChI is InChI=1S/C11H15N3O/c1-3-15-4-2-14(1)11-5-9-6-12-7-10(9)8-13-11/h5,8,12H,1-4,6-7H2. The van der Waals surface area contributed by atoms with Gasteiger partial charge >= 0.3 is 0 Å². The highest BCUT2D eigenvalue weighted by molar-refractivity contribution is 5.45. The molecule has 1 aromatic heterocycles. The molecule has 0 spiro atoms. The molecule has 0 amide bonds. The van der Waals surface area contributed by atoms with Gasteiger partial charge in [-0.3, -0.25) is 0 Å². The van der Waals surface area contributed by atoms with Gasteiger partial charge in [-0.1, -0.05) is 0 Å². The van der Waals surface area contributed by atoms with E-state index in [4.69, 9.17) is 4.74 Å². The molecule has 0 aromatic carbocycles. The van der Waals surface area contributed by atoms with Gasteiger partial charge in [-0.05, 0) is 17.2 Å². The minimum absolute atomic E-state index is 0.816. The summed E-state index contributed by atoms with van der Waals surface area (Å²) in [6, 6.07) is 2.21. The van der Waals surface area contributed by atoms with Crippen molar-refractivity contribution in [3.8, 4) is 0 Å². The zero-order chi connectivity index (χ0) is 10.1. The molecule has 0 unspecified atom stereocenters. The van der Waals surface area contributed by atoms with Gasteiger partial charge in [0.2, 0.25) is 0 Å². The van der Waals surface area contributed by atoms with E-state index < -0.39 is 0 Å². The van der Waals surface area contributed by atoms with Gasteiger partial charge in [-0.2, -0.15) is 0 Å². The maximum absolute atomic E-state index is 5.33. The van der Waals surface area contributed by atoms with Gasteiger partial charge < -0.3 is 15.0 Å². The maximum Gasteiger partial charge on any atom is 0.128 e. The highest BCUT2D eigenvalue weighted by Gasteiger charge is 2.16. The van der Waals surface area contributed by atoms with Gasteiger partial charge in [-0.15, -0.1) is 0 Å². The molecule has 4 heteroatoms. The number of ether oxygens (including phenoxy) is 1. The average Bonchev–Trinajstić information content (AvgIpc) is 2.77. The molecule has 0 aliphatic carbocycles. The lowest BCUT2D eigenvalue weighted by atomic mass is 10.2. The topological polar surface area (TPSA) is 37.4 Å². The van der Waals surface area contributed by atoms with Crippen molar-refractivity contribution < 1.29 is 4.74 Å². The Balaban J connectivity index is 1.85. The van der Waals surface area contributed by atoms with Crippen LogP contribution in [-0.2, 0) is 17.8 Å². The number of morpholine rings is 1. The fraction of sp³-hybridized carbons (Fsp3) is 0.545. The first-order valence-electron chi connectivity index (χ1n) is 5.45.